The average molecular weight is 413 g/mol. The van der Waals surface area contributed by atoms with Gasteiger partial charge in [0.1, 0.15) is 11.5 Å². The monoisotopic (exact) mass is 412 g/mol. The summed E-state index contributed by atoms with van der Waals surface area (Å²) in [6, 6.07) is 17.2. The van der Waals surface area contributed by atoms with Crippen LogP contribution in [0.1, 0.15) is 11.5 Å². The van der Waals surface area contributed by atoms with Gasteiger partial charge < -0.3 is 9.26 Å². The van der Waals surface area contributed by atoms with Gasteiger partial charge >= 0.3 is 0 Å². The molecule has 0 amide bonds. The van der Waals surface area contributed by atoms with E-state index in [1.54, 1.807) is 18.9 Å². The third kappa shape index (κ3) is 3.90. The van der Waals surface area contributed by atoms with Crippen LogP contribution in [0.25, 0.3) is 17.1 Å². The molecule has 0 saturated carbocycles. The van der Waals surface area contributed by atoms with Crippen molar-refractivity contribution in [2.75, 3.05) is 7.11 Å². The number of halogens is 1. The second-order valence-electron chi connectivity index (χ2n) is 6.07. The average Bonchev–Trinajstić information content (AvgIpc) is 3.33. The molecule has 0 bridgehead atoms. The van der Waals surface area contributed by atoms with Crippen molar-refractivity contribution in [2.45, 2.75) is 17.8 Å². The lowest BCUT2D eigenvalue weighted by Crippen LogP contribution is -2.00. The summed E-state index contributed by atoms with van der Waals surface area (Å²) in [7, 11) is 1.64. The highest BCUT2D eigenvalue weighted by Gasteiger charge is 2.17. The number of thioether (sulfide) groups is 1. The molecular weight excluding hydrogens is 396 g/mol. The third-order valence-corrected chi connectivity index (χ3v) is 5.29. The molecule has 0 spiro atoms. The van der Waals surface area contributed by atoms with E-state index < -0.39 is 0 Å². The second kappa shape index (κ2) is 8.08. The van der Waals surface area contributed by atoms with E-state index in [1.165, 1.54) is 0 Å². The van der Waals surface area contributed by atoms with Crippen molar-refractivity contribution in [3.05, 3.63) is 71.1 Å². The largest absolute Gasteiger partial charge is 0.497 e. The molecule has 0 N–H and O–H groups in total. The van der Waals surface area contributed by atoms with Crippen molar-refractivity contribution in [1.29, 1.82) is 0 Å². The number of aryl methyl sites for hydroxylation is 1. The van der Waals surface area contributed by atoms with Crippen molar-refractivity contribution in [3.63, 3.8) is 0 Å². The van der Waals surface area contributed by atoms with E-state index in [9.17, 15) is 0 Å². The summed E-state index contributed by atoms with van der Waals surface area (Å²) in [4.78, 5) is 0. The van der Waals surface area contributed by atoms with Crippen LogP contribution < -0.4 is 4.74 Å². The summed E-state index contributed by atoms with van der Waals surface area (Å²) in [5.74, 6) is 2.89. The van der Waals surface area contributed by atoms with Crippen LogP contribution in [0.3, 0.4) is 0 Å². The van der Waals surface area contributed by atoms with Crippen LogP contribution in [0, 0.1) is 6.92 Å². The highest BCUT2D eigenvalue weighted by Crippen LogP contribution is 2.31. The molecule has 2 aromatic carbocycles. The van der Waals surface area contributed by atoms with Crippen LogP contribution in [0.2, 0.25) is 5.02 Å². The fourth-order valence-corrected chi connectivity index (χ4v) is 3.72. The predicted octanol–water partition coefficient (Wildman–Crippen LogP) is 5.19. The summed E-state index contributed by atoms with van der Waals surface area (Å²) in [6.45, 7) is 1.87. The standard InChI is InChI=1S/C20H17ClN4O2S/c1-13-10-16(24-27-13)12-28-20-23-22-19(14-4-3-5-18(11-14)26-2)25(20)17-8-6-15(21)7-9-17/h3-11H,12H2,1-2H3. The minimum absolute atomic E-state index is 0.626. The van der Waals surface area contributed by atoms with Gasteiger partial charge in [0.25, 0.3) is 0 Å². The van der Waals surface area contributed by atoms with Gasteiger partial charge in [0.2, 0.25) is 0 Å². The number of hydrogen-bond acceptors (Lipinski definition) is 6. The van der Waals surface area contributed by atoms with Gasteiger partial charge in [-0.25, -0.2) is 0 Å². The Morgan fingerprint density at radius 1 is 1.11 bits per heavy atom. The summed E-state index contributed by atoms with van der Waals surface area (Å²) in [5, 5.41) is 14.3. The molecule has 0 fully saturated rings. The van der Waals surface area contributed by atoms with Gasteiger partial charge in [0, 0.05) is 28.1 Å². The first-order valence-electron chi connectivity index (χ1n) is 8.55. The zero-order chi connectivity index (χ0) is 19.5. The van der Waals surface area contributed by atoms with Crippen LogP contribution in [0.4, 0.5) is 0 Å². The van der Waals surface area contributed by atoms with E-state index in [2.05, 4.69) is 15.4 Å². The molecular formula is C20H17ClN4O2S. The first-order valence-corrected chi connectivity index (χ1v) is 9.91. The summed E-state index contributed by atoms with van der Waals surface area (Å²) in [6.07, 6.45) is 0. The van der Waals surface area contributed by atoms with Crippen molar-refractivity contribution in [1.82, 2.24) is 19.9 Å². The fraction of sp³-hybridized carbons (Fsp3) is 0.150. The van der Waals surface area contributed by atoms with E-state index in [0.717, 1.165) is 39.4 Å². The molecule has 2 aromatic heterocycles. The summed E-state index contributed by atoms with van der Waals surface area (Å²) in [5.41, 5.74) is 2.69. The van der Waals surface area contributed by atoms with Crippen molar-refractivity contribution in [2.24, 2.45) is 0 Å². The molecule has 4 rings (SSSR count). The van der Waals surface area contributed by atoms with Gasteiger partial charge in [-0.15, -0.1) is 10.2 Å². The van der Waals surface area contributed by atoms with Gasteiger partial charge in [-0.3, -0.25) is 4.57 Å². The van der Waals surface area contributed by atoms with E-state index in [4.69, 9.17) is 20.9 Å². The maximum absolute atomic E-state index is 6.07. The molecule has 0 aliphatic rings. The molecule has 0 aliphatic carbocycles. The van der Waals surface area contributed by atoms with Crippen LogP contribution in [-0.4, -0.2) is 27.0 Å². The second-order valence-corrected chi connectivity index (χ2v) is 7.45. The van der Waals surface area contributed by atoms with Gasteiger partial charge in [0.05, 0.1) is 12.8 Å². The van der Waals surface area contributed by atoms with Crippen molar-refractivity contribution >= 4 is 23.4 Å². The maximum atomic E-state index is 6.07. The molecule has 6 nitrogen and oxygen atoms in total. The first-order chi connectivity index (χ1) is 13.6. The Hall–Kier alpha value is -2.77. The topological polar surface area (TPSA) is 66.0 Å². The van der Waals surface area contributed by atoms with Gasteiger partial charge in [-0.05, 0) is 43.3 Å². The zero-order valence-corrected chi connectivity index (χ0v) is 16.9. The van der Waals surface area contributed by atoms with Gasteiger partial charge in [-0.1, -0.05) is 40.7 Å². The lowest BCUT2D eigenvalue weighted by Gasteiger charge is -2.11. The Morgan fingerprint density at radius 2 is 1.93 bits per heavy atom. The van der Waals surface area contributed by atoms with E-state index in [-0.39, 0.29) is 0 Å². The van der Waals surface area contributed by atoms with Crippen LogP contribution >= 0.6 is 23.4 Å². The summed E-state index contributed by atoms with van der Waals surface area (Å²) >= 11 is 7.61. The molecule has 0 saturated heterocycles. The highest BCUT2D eigenvalue weighted by atomic mass is 35.5. The number of hydrogen-bond donors (Lipinski definition) is 0. The van der Waals surface area contributed by atoms with Crippen molar-refractivity contribution < 1.29 is 9.26 Å². The fourth-order valence-electron chi connectivity index (χ4n) is 2.76. The minimum atomic E-state index is 0.626. The van der Waals surface area contributed by atoms with Crippen LogP contribution in [0.15, 0.2) is 64.3 Å². The number of ether oxygens (including phenoxy) is 1. The number of methoxy groups -OCH3 is 1. The molecule has 142 valence electrons. The minimum Gasteiger partial charge on any atom is -0.497 e. The Balaban J connectivity index is 1.75. The lowest BCUT2D eigenvalue weighted by atomic mass is 10.2. The molecule has 28 heavy (non-hydrogen) atoms. The molecule has 2 heterocycles. The maximum Gasteiger partial charge on any atom is 0.196 e. The van der Waals surface area contributed by atoms with Crippen LogP contribution in [0.5, 0.6) is 5.75 Å². The number of aromatic nitrogens is 4. The molecule has 4 aromatic rings. The summed E-state index contributed by atoms with van der Waals surface area (Å²) < 4.78 is 12.5. The zero-order valence-electron chi connectivity index (χ0n) is 15.3. The predicted molar refractivity (Wildman–Crippen MR) is 109 cm³/mol. The smallest absolute Gasteiger partial charge is 0.196 e. The van der Waals surface area contributed by atoms with E-state index in [1.807, 2.05) is 66.1 Å². The van der Waals surface area contributed by atoms with Crippen molar-refractivity contribution in [3.8, 4) is 22.8 Å². The van der Waals surface area contributed by atoms with E-state index >= 15 is 0 Å². The highest BCUT2D eigenvalue weighted by molar-refractivity contribution is 7.98. The first kappa shape index (κ1) is 18.6. The Labute approximate surface area is 171 Å². The lowest BCUT2D eigenvalue weighted by molar-refractivity contribution is 0.393. The molecule has 0 atom stereocenters. The Morgan fingerprint density at radius 3 is 2.64 bits per heavy atom. The Kier molecular flexibility index (Phi) is 5.36. The number of rotatable bonds is 6. The molecule has 8 heteroatoms. The quantitative estimate of drug-likeness (QED) is 0.406. The Bertz CT molecular complexity index is 1090. The van der Waals surface area contributed by atoms with E-state index in [0.29, 0.717) is 10.8 Å². The van der Waals surface area contributed by atoms with Gasteiger partial charge in [0.15, 0.2) is 11.0 Å². The van der Waals surface area contributed by atoms with Gasteiger partial charge in [-0.2, -0.15) is 0 Å². The molecule has 0 aliphatic heterocycles. The third-order valence-electron chi connectivity index (χ3n) is 4.07. The number of nitrogens with zero attached hydrogens (tertiary/aromatic N) is 4. The number of benzene rings is 2. The van der Waals surface area contributed by atoms with Crippen LogP contribution in [-0.2, 0) is 5.75 Å². The molecule has 0 unspecified atom stereocenters. The normalized spacial score (nSPS) is 11.0. The molecule has 0 radical (unpaired) electrons. The SMILES string of the molecule is COc1cccc(-c2nnc(SCc3cc(C)on3)n2-c2ccc(Cl)cc2)c1.